The minimum Gasteiger partial charge on any atom is -0.465 e. The Bertz CT molecular complexity index is 445. The molecule has 0 saturated carbocycles. The van der Waals surface area contributed by atoms with Crippen molar-refractivity contribution in [2.24, 2.45) is 0 Å². The molecule has 2 heterocycles. The van der Waals surface area contributed by atoms with Crippen LogP contribution in [0.5, 0.6) is 0 Å². The molecule has 7 heteroatoms. The van der Waals surface area contributed by atoms with Crippen LogP contribution in [0, 0.1) is 0 Å². The fraction of sp³-hybridized carbons (Fsp3) is 0.692. The maximum atomic E-state index is 11.4. The lowest BCUT2D eigenvalue weighted by molar-refractivity contribution is 0.0606. The van der Waals surface area contributed by atoms with E-state index < -0.39 is 5.97 Å². The van der Waals surface area contributed by atoms with Gasteiger partial charge in [0, 0.05) is 13.1 Å². The third-order valence-corrected chi connectivity index (χ3v) is 4.74. The molecule has 1 aliphatic heterocycles. The summed E-state index contributed by atoms with van der Waals surface area (Å²) in [6.07, 6.45) is 5.26. The number of carbonyl (C=O) groups is 1. The fourth-order valence-electron chi connectivity index (χ4n) is 2.28. The molecule has 0 atom stereocenters. The van der Waals surface area contributed by atoms with Gasteiger partial charge in [0.05, 0.1) is 7.11 Å². The topological polar surface area (TPSA) is 54.5 Å². The molecule has 0 aromatic carbocycles. The third kappa shape index (κ3) is 4.33. The highest BCUT2D eigenvalue weighted by molar-refractivity contribution is 7.18. The number of esters is 1. The van der Waals surface area contributed by atoms with Crippen LogP contribution in [-0.4, -0.2) is 49.1 Å². The number of aromatic nitrogens is 1. The SMILES string of the molecule is COC(=O)c1sc(NCCN2CCCCCC2)nc1Cl. The van der Waals surface area contributed by atoms with E-state index in [1.54, 1.807) is 0 Å². The zero-order valence-corrected chi connectivity index (χ0v) is 13.2. The molecule has 0 aliphatic carbocycles. The van der Waals surface area contributed by atoms with Gasteiger partial charge in [-0.15, -0.1) is 0 Å². The van der Waals surface area contributed by atoms with Crippen molar-refractivity contribution in [3.8, 4) is 0 Å². The van der Waals surface area contributed by atoms with Crippen molar-refractivity contribution in [1.29, 1.82) is 0 Å². The zero-order valence-electron chi connectivity index (χ0n) is 11.7. The summed E-state index contributed by atoms with van der Waals surface area (Å²) in [4.78, 5) is 18.4. The summed E-state index contributed by atoms with van der Waals surface area (Å²) in [7, 11) is 1.34. The number of halogens is 1. The Hall–Kier alpha value is -0.850. The summed E-state index contributed by atoms with van der Waals surface area (Å²) < 4.78 is 4.65. The van der Waals surface area contributed by atoms with Gasteiger partial charge in [0.15, 0.2) is 15.2 Å². The van der Waals surface area contributed by atoms with Gasteiger partial charge in [-0.1, -0.05) is 35.8 Å². The smallest absolute Gasteiger partial charge is 0.351 e. The van der Waals surface area contributed by atoms with Crippen molar-refractivity contribution in [2.75, 3.05) is 38.6 Å². The number of carbonyl (C=O) groups excluding carboxylic acids is 1. The van der Waals surface area contributed by atoms with Crippen LogP contribution >= 0.6 is 22.9 Å². The molecule has 1 aromatic rings. The average molecular weight is 318 g/mol. The Morgan fingerprint density at radius 3 is 2.75 bits per heavy atom. The minimum atomic E-state index is -0.437. The molecule has 5 nitrogen and oxygen atoms in total. The van der Waals surface area contributed by atoms with E-state index in [0.717, 1.165) is 13.1 Å². The maximum absolute atomic E-state index is 11.4. The molecule has 1 aromatic heterocycles. The Labute approximate surface area is 128 Å². The first-order valence-electron chi connectivity index (χ1n) is 6.91. The highest BCUT2D eigenvalue weighted by Gasteiger charge is 2.17. The van der Waals surface area contributed by atoms with Gasteiger partial charge in [0.25, 0.3) is 0 Å². The molecule has 0 amide bonds. The van der Waals surface area contributed by atoms with Gasteiger partial charge in [-0.3, -0.25) is 0 Å². The number of rotatable bonds is 5. The highest BCUT2D eigenvalue weighted by Crippen LogP contribution is 2.27. The zero-order chi connectivity index (χ0) is 14.4. The lowest BCUT2D eigenvalue weighted by Gasteiger charge is -2.19. The second-order valence-electron chi connectivity index (χ2n) is 4.81. The Morgan fingerprint density at radius 2 is 2.10 bits per heavy atom. The van der Waals surface area contributed by atoms with Crippen LogP contribution in [0.3, 0.4) is 0 Å². The third-order valence-electron chi connectivity index (χ3n) is 3.36. The summed E-state index contributed by atoms with van der Waals surface area (Å²) >= 11 is 7.15. The first kappa shape index (κ1) is 15.5. The Kier molecular flexibility index (Phi) is 6.06. The normalized spacial score (nSPS) is 16.7. The van der Waals surface area contributed by atoms with Crippen LogP contribution < -0.4 is 5.32 Å². The van der Waals surface area contributed by atoms with E-state index in [1.165, 1.54) is 57.2 Å². The standard InChI is InChI=1S/C13H20ClN3O2S/c1-19-12(18)10-11(14)16-13(20-10)15-6-9-17-7-4-2-3-5-8-17/h2-9H2,1H3,(H,15,16). The van der Waals surface area contributed by atoms with Crippen LogP contribution in [-0.2, 0) is 4.74 Å². The van der Waals surface area contributed by atoms with Crippen LogP contribution in [0.2, 0.25) is 5.15 Å². The van der Waals surface area contributed by atoms with E-state index in [2.05, 4.69) is 19.9 Å². The van der Waals surface area contributed by atoms with Crippen molar-refractivity contribution in [2.45, 2.75) is 25.7 Å². The van der Waals surface area contributed by atoms with E-state index in [0.29, 0.717) is 10.0 Å². The number of likely N-dealkylation sites (tertiary alicyclic amines) is 1. The molecule has 1 saturated heterocycles. The molecule has 0 radical (unpaired) electrons. The van der Waals surface area contributed by atoms with E-state index in [1.807, 2.05) is 0 Å². The molecule has 1 N–H and O–H groups in total. The molecule has 0 bridgehead atoms. The van der Waals surface area contributed by atoms with Gasteiger partial charge in [0.2, 0.25) is 0 Å². The second-order valence-corrected chi connectivity index (χ2v) is 6.17. The summed E-state index contributed by atoms with van der Waals surface area (Å²) in [5, 5.41) is 4.11. The van der Waals surface area contributed by atoms with Crippen LogP contribution in [0.4, 0.5) is 5.13 Å². The Morgan fingerprint density at radius 1 is 1.40 bits per heavy atom. The predicted molar refractivity (Wildman–Crippen MR) is 81.9 cm³/mol. The van der Waals surface area contributed by atoms with Gasteiger partial charge in [-0.05, 0) is 25.9 Å². The summed E-state index contributed by atoms with van der Waals surface area (Å²) in [5.41, 5.74) is 0. The quantitative estimate of drug-likeness (QED) is 0.846. The minimum absolute atomic E-state index is 0.208. The van der Waals surface area contributed by atoms with Crippen LogP contribution in [0.1, 0.15) is 35.4 Å². The molecule has 1 fully saturated rings. The number of hydrogen-bond donors (Lipinski definition) is 1. The summed E-state index contributed by atoms with van der Waals surface area (Å²) in [5.74, 6) is -0.437. The fourth-order valence-corrected chi connectivity index (χ4v) is 3.41. The van der Waals surface area contributed by atoms with Crippen molar-refractivity contribution in [3.63, 3.8) is 0 Å². The largest absolute Gasteiger partial charge is 0.465 e. The van der Waals surface area contributed by atoms with E-state index in [9.17, 15) is 4.79 Å². The summed E-state index contributed by atoms with van der Waals surface area (Å²) in [6, 6.07) is 0. The molecule has 2 rings (SSSR count). The summed E-state index contributed by atoms with van der Waals surface area (Å²) in [6.45, 7) is 4.15. The molecule has 20 heavy (non-hydrogen) atoms. The predicted octanol–water partition coefficient (Wildman–Crippen LogP) is 2.87. The van der Waals surface area contributed by atoms with Crippen molar-refractivity contribution < 1.29 is 9.53 Å². The molecule has 112 valence electrons. The van der Waals surface area contributed by atoms with Crippen LogP contribution in [0.25, 0.3) is 0 Å². The molecular weight excluding hydrogens is 298 g/mol. The molecular formula is C13H20ClN3O2S. The monoisotopic (exact) mass is 317 g/mol. The molecule has 0 unspecified atom stereocenters. The number of anilines is 1. The van der Waals surface area contributed by atoms with Gasteiger partial charge < -0.3 is 15.0 Å². The van der Waals surface area contributed by atoms with Gasteiger partial charge in [-0.25, -0.2) is 9.78 Å². The van der Waals surface area contributed by atoms with Gasteiger partial charge in [0.1, 0.15) is 0 Å². The number of methoxy groups -OCH3 is 1. The molecule has 0 spiro atoms. The number of ether oxygens (including phenoxy) is 1. The Balaban J connectivity index is 1.80. The number of nitrogens with zero attached hydrogens (tertiary/aromatic N) is 2. The number of thiazole rings is 1. The van der Waals surface area contributed by atoms with Gasteiger partial charge in [-0.2, -0.15) is 0 Å². The number of hydrogen-bond acceptors (Lipinski definition) is 6. The van der Waals surface area contributed by atoms with Crippen molar-refractivity contribution >= 4 is 34.0 Å². The van der Waals surface area contributed by atoms with Crippen molar-refractivity contribution in [1.82, 2.24) is 9.88 Å². The first-order valence-corrected chi connectivity index (χ1v) is 8.11. The van der Waals surface area contributed by atoms with Gasteiger partial charge >= 0.3 is 5.97 Å². The lowest BCUT2D eigenvalue weighted by atomic mass is 10.2. The van der Waals surface area contributed by atoms with E-state index >= 15 is 0 Å². The second kappa shape index (κ2) is 7.81. The van der Waals surface area contributed by atoms with E-state index in [4.69, 9.17) is 11.6 Å². The first-order chi connectivity index (χ1) is 9.70. The van der Waals surface area contributed by atoms with Crippen molar-refractivity contribution in [3.05, 3.63) is 10.0 Å². The van der Waals surface area contributed by atoms with Crippen LogP contribution in [0.15, 0.2) is 0 Å². The highest BCUT2D eigenvalue weighted by atomic mass is 35.5. The maximum Gasteiger partial charge on any atom is 0.351 e. The molecule has 1 aliphatic rings. The average Bonchev–Trinajstić information content (AvgIpc) is 2.66. The lowest BCUT2D eigenvalue weighted by Crippen LogP contribution is -2.29. The number of nitrogens with one attached hydrogen (secondary N) is 1. The van der Waals surface area contributed by atoms with E-state index in [-0.39, 0.29) is 5.15 Å².